The maximum absolute atomic E-state index is 12.5. The third-order valence-electron chi connectivity index (χ3n) is 3.22. The molecule has 0 bridgehead atoms. The van der Waals surface area contributed by atoms with Crippen LogP contribution in [0.5, 0.6) is 5.75 Å². The van der Waals surface area contributed by atoms with Crippen molar-refractivity contribution in [2.24, 2.45) is 0 Å². The molecular weight excluding hydrogens is 281 g/mol. The molecule has 0 atom stereocenters. The normalized spacial score (nSPS) is 11.7. The minimum Gasteiger partial charge on any atom is -0.403 e. The van der Waals surface area contributed by atoms with Crippen molar-refractivity contribution in [1.29, 1.82) is 0 Å². The first-order valence-electron chi connectivity index (χ1n) is 6.79. The van der Waals surface area contributed by atoms with E-state index >= 15 is 0 Å². The van der Waals surface area contributed by atoms with Crippen molar-refractivity contribution >= 4 is 16.6 Å². The molecule has 2 aromatic rings. The fraction of sp³-hybridized carbons (Fsp3) is 0.400. The molecule has 0 saturated carbocycles. The van der Waals surface area contributed by atoms with Gasteiger partial charge in [0, 0.05) is 23.3 Å². The lowest BCUT2D eigenvalue weighted by Crippen LogP contribution is -2.17. The van der Waals surface area contributed by atoms with Crippen molar-refractivity contribution in [3.05, 3.63) is 29.5 Å². The van der Waals surface area contributed by atoms with Crippen LogP contribution in [0.4, 0.5) is 18.9 Å². The van der Waals surface area contributed by atoms with Gasteiger partial charge in [0.15, 0.2) is 5.75 Å². The summed E-state index contributed by atoms with van der Waals surface area (Å²) in [5, 5.41) is 3.86. The molecule has 0 radical (unpaired) electrons. The van der Waals surface area contributed by atoms with Gasteiger partial charge in [0.1, 0.15) is 5.52 Å². The Morgan fingerprint density at radius 2 is 1.95 bits per heavy atom. The Hall–Kier alpha value is -1.98. The second-order valence-electron chi connectivity index (χ2n) is 4.63. The molecule has 1 aromatic heterocycles. The molecule has 0 aliphatic heterocycles. The predicted octanol–water partition coefficient (Wildman–Crippen LogP) is 4.44. The number of para-hydroxylation sites is 1. The lowest BCUT2D eigenvalue weighted by molar-refractivity contribution is -0.274. The van der Waals surface area contributed by atoms with Gasteiger partial charge in [-0.3, -0.25) is 0 Å². The van der Waals surface area contributed by atoms with Crippen molar-refractivity contribution in [2.75, 3.05) is 11.9 Å². The van der Waals surface area contributed by atoms with Gasteiger partial charge in [-0.15, -0.1) is 13.2 Å². The standard InChI is InChI=1S/C15H17F3N2O/c1-4-10-9(3)20-14-11(13(10)19-5-2)7-6-8-12(14)21-15(16,17)18/h6-8H,4-5H2,1-3H3,(H,19,20). The number of aromatic nitrogens is 1. The van der Waals surface area contributed by atoms with Gasteiger partial charge in [-0.05, 0) is 31.9 Å². The molecule has 114 valence electrons. The number of pyridine rings is 1. The zero-order valence-corrected chi connectivity index (χ0v) is 12.1. The summed E-state index contributed by atoms with van der Waals surface area (Å²) in [4.78, 5) is 4.31. The highest BCUT2D eigenvalue weighted by molar-refractivity contribution is 5.96. The summed E-state index contributed by atoms with van der Waals surface area (Å²) in [6.07, 6.45) is -3.98. The Morgan fingerprint density at radius 3 is 2.52 bits per heavy atom. The molecule has 1 N–H and O–H groups in total. The van der Waals surface area contributed by atoms with Crippen molar-refractivity contribution in [1.82, 2.24) is 4.98 Å². The highest BCUT2D eigenvalue weighted by atomic mass is 19.4. The van der Waals surface area contributed by atoms with Crippen LogP contribution < -0.4 is 10.1 Å². The number of hydrogen-bond acceptors (Lipinski definition) is 3. The number of hydrogen-bond donors (Lipinski definition) is 1. The number of rotatable bonds is 4. The van der Waals surface area contributed by atoms with Gasteiger partial charge in [-0.2, -0.15) is 0 Å². The van der Waals surface area contributed by atoms with Crippen molar-refractivity contribution in [2.45, 2.75) is 33.6 Å². The molecule has 0 aliphatic rings. The first-order chi connectivity index (χ1) is 9.87. The Labute approximate surface area is 121 Å². The molecule has 0 fully saturated rings. The van der Waals surface area contributed by atoms with Crippen LogP contribution in [0.1, 0.15) is 25.1 Å². The second-order valence-corrected chi connectivity index (χ2v) is 4.63. The van der Waals surface area contributed by atoms with E-state index < -0.39 is 6.36 Å². The second kappa shape index (κ2) is 5.79. The highest BCUT2D eigenvalue weighted by Crippen LogP contribution is 2.35. The van der Waals surface area contributed by atoms with Gasteiger partial charge in [-0.1, -0.05) is 19.1 Å². The van der Waals surface area contributed by atoms with E-state index in [1.807, 2.05) is 13.8 Å². The third-order valence-corrected chi connectivity index (χ3v) is 3.22. The van der Waals surface area contributed by atoms with E-state index in [2.05, 4.69) is 15.0 Å². The van der Waals surface area contributed by atoms with Gasteiger partial charge in [0.2, 0.25) is 0 Å². The molecule has 1 aromatic carbocycles. The average molecular weight is 298 g/mol. The van der Waals surface area contributed by atoms with Crippen LogP contribution in [-0.2, 0) is 6.42 Å². The number of alkyl halides is 3. The quantitative estimate of drug-likeness (QED) is 0.906. The minimum absolute atomic E-state index is 0.223. The third kappa shape index (κ3) is 3.20. The molecule has 0 saturated heterocycles. The summed E-state index contributed by atoms with van der Waals surface area (Å²) in [6.45, 7) is 6.41. The van der Waals surface area contributed by atoms with E-state index in [0.717, 1.165) is 17.7 Å². The number of fused-ring (bicyclic) bond motifs is 1. The fourth-order valence-corrected chi connectivity index (χ4v) is 2.44. The number of anilines is 1. The molecule has 6 heteroatoms. The van der Waals surface area contributed by atoms with E-state index in [4.69, 9.17) is 0 Å². The Morgan fingerprint density at radius 1 is 1.24 bits per heavy atom. The number of nitrogens with one attached hydrogen (secondary N) is 1. The predicted molar refractivity (Wildman–Crippen MR) is 76.7 cm³/mol. The number of aryl methyl sites for hydroxylation is 1. The molecule has 0 amide bonds. The highest BCUT2D eigenvalue weighted by Gasteiger charge is 2.32. The summed E-state index contributed by atoms with van der Waals surface area (Å²) in [6, 6.07) is 4.58. The monoisotopic (exact) mass is 298 g/mol. The van der Waals surface area contributed by atoms with Crippen LogP contribution in [0.25, 0.3) is 10.9 Å². The minimum atomic E-state index is -4.73. The number of ether oxygens (including phenoxy) is 1. The molecule has 3 nitrogen and oxygen atoms in total. The van der Waals surface area contributed by atoms with Crippen LogP contribution >= 0.6 is 0 Å². The zero-order chi connectivity index (χ0) is 15.6. The van der Waals surface area contributed by atoms with Gasteiger partial charge >= 0.3 is 6.36 Å². The van der Waals surface area contributed by atoms with E-state index in [1.165, 1.54) is 6.07 Å². The fourth-order valence-electron chi connectivity index (χ4n) is 2.44. The van der Waals surface area contributed by atoms with Crippen molar-refractivity contribution in [3.63, 3.8) is 0 Å². The molecule has 0 unspecified atom stereocenters. The maximum Gasteiger partial charge on any atom is 0.573 e. The molecular formula is C15H17F3N2O. The first kappa shape index (κ1) is 15.4. The number of benzene rings is 1. The Kier molecular flexibility index (Phi) is 4.25. The lowest BCUT2D eigenvalue weighted by atomic mass is 10.0. The average Bonchev–Trinajstić information content (AvgIpc) is 2.38. The van der Waals surface area contributed by atoms with E-state index in [-0.39, 0.29) is 11.3 Å². The molecule has 1 heterocycles. The van der Waals surface area contributed by atoms with E-state index in [9.17, 15) is 13.2 Å². The van der Waals surface area contributed by atoms with Gasteiger partial charge in [0.05, 0.1) is 0 Å². The molecule has 0 spiro atoms. The molecule has 2 rings (SSSR count). The first-order valence-corrected chi connectivity index (χ1v) is 6.79. The number of nitrogens with zero attached hydrogens (tertiary/aromatic N) is 1. The van der Waals surface area contributed by atoms with Crippen molar-refractivity contribution < 1.29 is 17.9 Å². The van der Waals surface area contributed by atoms with Crippen LogP contribution in [0, 0.1) is 6.92 Å². The Bertz CT molecular complexity index is 653. The summed E-state index contributed by atoms with van der Waals surface area (Å²) in [5.74, 6) is -0.273. The smallest absolute Gasteiger partial charge is 0.403 e. The Balaban J connectivity index is 2.71. The van der Waals surface area contributed by atoms with Crippen LogP contribution in [0.3, 0.4) is 0 Å². The summed E-state index contributed by atoms with van der Waals surface area (Å²) in [7, 11) is 0. The molecule has 0 aliphatic carbocycles. The maximum atomic E-state index is 12.5. The lowest BCUT2D eigenvalue weighted by Gasteiger charge is -2.17. The number of halogens is 3. The SMILES string of the molecule is CCNc1c(CC)c(C)nc2c(OC(F)(F)F)cccc12. The summed E-state index contributed by atoms with van der Waals surface area (Å²) >= 11 is 0. The van der Waals surface area contributed by atoms with Crippen LogP contribution in [0.15, 0.2) is 18.2 Å². The molecule has 21 heavy (non-hydrogen) atoms. The van der Waals surface area contributed by atoms with E-state index in [0.29, 0.717) is 17.6 Å². The summed E-state index contributed by atoms with van der Waals surface area (Å²) in [5.41, 5.74) is 2.77. The van der Waals surface area contributed by atoms with E-state index in [1.54, 1.807) is 19.1 Å². The zero-order valence-electron chi connectivity index (χ0n) is 12.1. The summed E-state index contributed by atoms with van der Waals surface area (Å²) < 4.78 is 41.6. The van der Waals surface area contributed by atoms with Gasteiger partial charge < -0.3 is 10.1 Å². The van der Waals surface area contributed by atoms with Gasteiger partial charge in [0.25, 0.3) is 0 Å². The van der Waals surface area contributed by atoms with Crippen LogP contribution in [0.2, 0.25) is 0 Å². The van der Waals surface area contributed by atoms with Crippen molar-refractivity contribution in [3.8, 4) is 5.75 Å². The largest absolute Gasteiger partial charge is 0.573 e. The van der Waals surface area contributed by atoms with Gasteiger partial charge in [-0.25, -0.2) is 4.98 Å². The van der Waals surface area contributed by atoms with Crippen LogP contribution in [-0.4, -0.2) is 17.9 Å². The topological polar surface area (TPSA) is 34.2 Å².